The van der Waals surface area contributed by atoms with E-state index < -0.39 is 55.0 Å². The van der Waals surface area contributed by atoms with Crippen LogP contribution in [0.2, 0.25) is 0 Å². The summed E-state index contributed by atoms with van der Waals surface area (Å²) in [4.78, 5) is 11.4. The van der Waals surface area contributed by atoms with Crippen LogP contribution >= 0.6 is 0 Å². The maximum Gasteiger partial charge on any atom is 0.392 e. The summed E-state index contributed by atoms with van der Waals surface area (Å²) in [6.07, 6.45) is -5.15. The van der Waals surface area contributed by atoms with Crippen LogP contribution in [-0.4, -0.2) is 59.9 Å². The van der Waals surface area contributed by atoms with Crippen molar-refractivity contribution in [3.05, 3.63) is 0 Å². The average Bonchev–Trinajstić information content (AvgIpc) is 2.53. The van der Waals surface area contributed by atoms with Gasteiger partial charge in [-0.1, -0.05) is 0 Å². The van der Waals surface area contributed by atoms with E-state index in [2.05, 4.69) is 0 Å². The van der Waals surface area contributed by atoms with Crippen LogP contribution in [0, 0.1) is 0 Å². The van der Waals surface area contributed by atoms with Gasteiger partial charge in [0.1, 0.15) is 0 Å². The quantitative estimate of drug-likeness (QED) is 0.590. The lowest BCUT2D eigenvalue weighted by Crippen LogP contribution is -2.71. The molecule has 0 saturated carbocycles. The summed E-state index contributed by atoms with van der Waals surface area (Å²) in [6, 6.07) is 0. The van der Waals surface area contributed by atoms with Gasteiger partial charge in [0.15, 0.2) is 0 Å². The predicted octanol–water partition coefficient (Wildman–Crippen LogP) is 4.44. The van der Waals surface area contributed by atoms with Crippen molar-refractivity contribution in [2.45, 2.75) is 55.3 Å². The van der Waals surface area contributed by atoms with E-state index in [1.54, 1.807) is 0 Å². The zero-order valence-corrected chi connectivity index (χ0v) is 12.5. The number of hydrogen-bond donors (Lipinski definition) is 0. The molecule has 0 radical (unpaired) electrons. The van der Waals surface area contributed by atoms with Gasteiger partial charge >= 0.3 is 36.0 Å². The van der Waals surface area contributed by atoms with Gasteiger partial charge in [-0.2, -0.15) is 43.9 Å². The van der Waals surface area contributed by atoms with Crippen molar-refractivity contribution < 1.29 is 57.5 Å². The van der Waals surface area contributed by atoms with Gasteiger partial charge in [-0.15, -0.1) is 0 Å². The highest BCUT2D eigenvalue weighted by molar-refractivity contribution is 5.85. The molecule has 1 heterocycles. The second-order valence-electron chi connectivity index (χ2n) is 5.57. The molecule has 0 unspecified atom stereocenters. The molecule has 0 aliphatic carbocycles. The van der Waals surface area contributed by atoms with Gasteiger partial charge < -0.3 is 4.90 Å². The van der Waals surface area contributed by atoms with Crippen LogP contribution in [0.5, 0.6) is 0 Å². The van der Waals surface area contributed by atoms with Crippen molar-refractivity contribution in [3.63, 3.8) is 0 Å². The Balaban J connectivity index is 3.33. The fourth-order valence-corrected chi connectivity index (χ4v) is 2.17. The van der Waals surface area contributed by atoms with Gasteiger partial charge in [-0.25, -0.2) is 8.78 Å². The molecule has 154 valence electrons. The molecule has 0 spiro atoms. The van der Waals surface area contributed by atoms with Gasteiger partial charge in [-0.05, 0) is 19.3 Å². The normalized spacial score (nSPS) is 18.4. The molecule has 0 N–H and O–H groups in total. The molecule has 1 amide bonds. The topological polar surface area (TPSA) is 20.3 Å². The number of rotatable bonds is 6. The Morgan fingerprint density at radius 1 is 0.692 bits per heavy atom. The van der Waals surface area contributed by atoms with E-state index in [1.807, 2.05) is 0 Å². The van der Waals surface area contributed by atoms with Gasteiger partial charge in [0, 0.05) is 13.1 Å². The maximum absolute atomic E-state index is 13.6. The summed E-state index contributed by atoms with van der Waals surface area (Å²) in [6.45, 7) is -1.17. The molecule has 2 nitrogen and oxygen atoms in total. The third-order valence-corrected chi connectivity index (χ3v) is 3.79. The highest BCUT2D eigenvalue weighted by atomic mass is 19.4. The number of carbonyl (C=O) groups is 1. The monoisotopic (exact) mass is 413 g/mol. The Labute approximate surface area is 138 Å². The number of piperidine rings is 1. The SMILES string of the molecule is O=C(N1CCCCC1)C(F)(F)C(F)(F)C(F)(F)C(F)(F)C(F)(F)C(F)F. The fourth-order valence-electron chi connectivity index (χ4n) is 2.17. The average molecular weight is 413 g/mol. The second kappa shape index (κ2) is 6.66. The standard InChI is InChI=1S/C12H11F12NO/c13-6(14)8(15,16)10(19,20)12(23,24)11(21,22)9(17,18)7(26)25-4-2-1-3-5-25/h6H,1-5H2. The molecular formula is C12H11F12NO. The van der Waals surface area contributed by atoms with Crippen LogP contribution in [0.25, 0.3) is 0 Å². The lowest BCUT2D eigenvalue weighted by atomic mass is 9.93. The Morgan fingerprint density at radius 2 is 1.12 bits per heavy atom. The first-order valence-corrected chi connectivity index (χ1v) is 6.93. The maximum atomic E-state index is 13.6. The highest BCUT2D eigenvalue weighted by Crippen LogP contribution is 2.58. The van der Waals surface area contributed by atoms with Gasteiger partial charge in [0.05, 0.1) is 0 Å². The molecule has 0 aromatic heterocycles. The molecule has 14 heteroatoms. The molecule has 0 bridgehead atoms. The van der Waals surface area contributed by atoms with Gasteiger partial charge in [0.25, 0.3) is 5.91 Å². The number of carbonyl (C=O) groups excluding carboxylic acids is 1. The first-order chi connectivity index (χ1) is 11.5. The van der Waals surface area contributed by atoms with Crippen LogP contribution < -0.4 is 0 Å². The first kappa shape index (κ1) is 22.7. The first-order valence-electron chi connectivity index (χ1n) is 6.93. The number of alkyl halides is 12. The second-order valence-corrected chi connectivity index (χ2v) is 5.57. The fraction of sp³-hybridized carbons (Fsp3) is 0.917. The molecule has 0 aromatic rings. The summed E-state index contributed by atoms with van der Waals surface area (Å²) < 4.78 is 156. The van der Waals surface area contributed by atoms with Crippen molar-refractivity contribution >= 4 is 5.91 Å². The van der Waals surface area contributed by atoms with E-state index in [1.165, 1.54) is 0 Å². The van der Waals surface area contributed by atoms with Crippen LogP contribution in [-0.2, 0) is 4.79 Å². The molecule has 0 aromatic carbocycles. The Bertz CT molecular complexity index is 526. The van der Waals surface area contributed by atoms with E-state index >= 15 is 0 Å². The van der Waals surface area contributed by atoms with Crippen LogP contribution in [0.3, 0.4) is 0 Å². The lowest BCUT2D eigenvalue weighted by molar-refractivity contribution is -0.407. The summed E-state index contributed by atoms with van der Waals surface area (Å²) in [5.41, 5.74) is 0. The Hall–Kier alpha value is -1.37. The summed E-state index contributed by atoms with van der Waals surface area (Å²) >= 11 is 0. The summed E-state index contributed by atoms with van der Waals surface area (Å²) in [5.74, 6) is -39.2. The summed E-state index contributed by atoms with van der Waals surface area (Å²) in [7, 11) is 0. The van der Waals surface area contributed by atoms with E-state index in [0.29, 0.717) is 6.42 Å². The van der Waals surface area contributed by atoms with E-state index in [0.717, 1.165) is 0 Å². The van der Waals surface area contributed by atoms with Crippen LogP contribution in [0.4, 0.5) is 52.7 Å². The molecule has 1 rings (SSSR count). The van der Waals surface area contributed by atoms with E-state index in [9.17, 15) is 57.5 Å². The molecule has 1 saturated heterocycles. The summed E-state index contributed by atoms with van der Waals surface area (Å²) in [5, 5.41) is 0. The minimum atomic E-state index is -7.67. The van der Waals surface area contributed by atoms with Crippen molar-refractivity contribution in [2.75, 3.05) is 13.1 Å². The van der Waals surface area contributed by atoms with E-state index in [4.69, 9.17) is 0 Å². The predicted molar refractivity (Wildman–Crippen MR) is 61.2 cm³/mol. The zero-order chi connectivity index (χ0) is 20.8. The van der Waals surface area contributed by atoms with Crippen LogP contribution in [0.15, 0.2) is 0 Å². The molecule has 1 aliphatic heterocycles. The molecular weight excluding hydrogens is 402 g/mol. The molecule has 0 atom stereocenters. The van der Waals surface area contributed by atoms with Gasteiger partial charge in [-0.3, -0.25) is 4.79 Å². The van der Waals surface area contributed by atoms with Crippen molar-refractivity contribution in [2.24, 2.45) is 0 Å². The largest absolute Gasteiger partial charge is 0.392 e. The van der Waals surface area contributed by atoms with Crippen molar-refractivity contribution in [3.8, 4) is 0 Å². The van der Waals surface area contributed by atoms with Gasteiger partial charge in [0.2, 0.25) is 0 Å². The van der Waals surface area contributed by atoms with Crippen molar-refractivity contribution in [1.29, 1.82) is 0 Å². The minimum absolute atomic E-state index is 0.0170. The number of halogens is 12. The molecule has 1 fully saturated rings. The number of amides is 1. The number of nitrogens with zero attached hydrogens (tertiary/aromatic N) is 1. The third kappa shape index (κ3) is 3.08. The lowest BCUT2D eigenvalue weighted by Gasteiger charge is -2.40. The highest BCUT2D eigenvalue weighted by Gasteiger charge is 2.89. The molecule has 26 heavy (non-hydrogen) atoms. The molecule has 1 aliphatic rings. The zero-order valence-electron chi connectivity index (χ0n) is 12.5. The minimum Gasteiger partial charge on any atom is -0.337 e. The number of likely N-dealkylation sites (tertiary alicyclic amines) is 1. The van der Waals surface area contributed by atoms with Crippen LogP contribution in [0.1, 0.15) is 19.3 Å². The Morgan fingerprint density at radius 3 is 1.50 bits per heavy atom. The van der Waals surface area contributed by atoms with Crippen molar-refractivity contribution in [1.82, 2.24) is 4.90 Å². The third-order valence-electron chi connectivity index (χ3n) is 3.79. The van der Waals surface area contributed by atoms with E-state index in [-0.39, 0.29) is 17.7 Å². The number of hydrogen-bond acceptors (Lipinski definition) is 1. The smallest absolute Gasteiger partial charge is 0.337 e. The Kier molecular flexibility index (Phi) is 5.81.